The topological polar surface area (TPSA) is 21.3 Å². The Hall–Kier alpha value is 0.270. The van der Waals surface area contributed by atoms with Crippen molar-refractivity contribution in [1.82, 2.24) is 5.32 Å². The SMILES string of the molecule is C1CC(OC2CCSC2)CCN1. The monoisotopic (exact) mass is 187 g/mol. The Bertz CT molecular complexity index is 130. The van der Waals surface area contributed by atoms with Crippen LogP contribution < -0.4 is 5.32 Å². The first kappa shape index (κ1) is 8.85. The summed E-state index contributed by atoms with van der Waals surface area (Å²) in [6.45, 7) is 2.29. The average Bonchev–Trinajstić information content (AvgIpc) is 2.59. The second kappa shape index (κ2) is 4.49. The summed E-state index contributed by atoms with van der Waals surface area (Å²) in [4.78, 5) is 0. The molecule has 0 aliphatic carbocycles. The molecule has 12 heavy (non-hydrogen) atoms. The number of nitrogens with one attached hydrogen (secondary N) is 1. The van der Waals surface area contributed by atoms with E-state index in [1.807, 2.05) is 11.8 Å². The van der Waals surface area contributed by atoms with Gasteiger partial charge in [0.25, 0.3) is 0 Å². The van der Waals surface area contributed by atoms with Gasteiger partial charge in [-0.05, 0) is 38.1 Å². The summed E-state index contributed by atoms with van der Waals surface area (Å²) < 4.78 is 5.99. The largest absolute Gasteiger partial charge is 0.374 e. The lowest BCUT2D eigenvalue weighted by Crippen LogP contribution is -2.34. The summed E-state index contributed by atoms with van der Waals surface area (Å²) in [5.41, 5.74) is 0. The first-order valence-electron chi connectivity index (χ1n) is 4.89. The first-order valence-corrected chi connectivity index (χ1v) is 6.04. The minimum absolute atomic E-state index is 0.551. The number of ether oxygens (including phenoxy) is 1. The zero-order chi connectivity index (χ0) is 8.23. The van der Waals surface area contributed by atoms with E-state index in [2.05, 4.69) is 5.32 Å². The van der Waals surface area contributed by atoms with Gasteiger partial charge in [-0.1, -0.05) is 0 Å². The molecule has 2 aliphatic heterocycles. The third-order valence-corrected chi connectivity index (χ3v) is 3.69. The minimum Gasteiger partial charge on any atom is -0.374 e. The molecule has 2 fully saturated rings. The summed E-state index contributed by atoms with van der Waals surface area (Å²) in [5, 5.41) is 3.35. The summed E-state index contributed by atoms with van der Waals surface area (Å²) in [6, 6.07) is 0. The molecular weight excluding hydrogens is 170 g/mol. The van der Waals surface area contributed by atoms with Crippen LogP contribution in [-0.4, -0.2) is 36.8 Å². The van der Waals surface area contributed by atoms with Crippen molar-refractivity contribution in [2.24, 2.45) is 0 Å². The molecule has 1 unspecified atom stereocenters. The van der Waals surface area contributed by atoms with Gasteiger partial charge < -0.3 is 10.1 Å². The number of hydrogen-bond acceptors (Lipinski definition) is 3. The molecule has 2 aliphatic rings. The van der Waals surface area contributed by atoms with E-state index in [0.29, 0.717) is 12.2 Å². The fraction of sp³-hybridized carbons (Fsp3) is 1.00. The van der Waals surface area contributed by atoms with E-state index in [-0.39, 0.29) is 0 Å². The molecule has 0 aromatic carbocycles. The highest BCUT2D eigenvalue weighted by molar-refractivity contribution is 7.99. The van der Waals surface area contributed by atoms with Gasteiger partial charge in [-0.2, -0.15) is 11.8 Å². The Morgan fingerprint density at radius 2 is 1.92 bits per heavy atom. The van der Waals surface area contributed by atoms with Gasteiger partial charge in [0, 0.05) is 5.75 Å². The van der Waals surface area contributed by atoms with Crippen molar-refractivity contribution in [1.29, 1.82) is 0 Å². The molecule has 0 saturated carbocycles. The first-order chi connectivity index (χ1) is 5.95. The molecule has 3 heteroatoms. The Kier molecular flexibility index (Phi) is 3.31. The minimum atomic E-state index is 0.551. The predicted molar refractivity (Wildman–Crippen MR) is 52.7 cm³/mol. The summed E-state index contributed by atoms with van der Waals surface area (Å²) >= 11 is 2.03. The number of rotatable bonds is 2. The van der Waals surface area contributed by atoms with Gasteiger partial charge >= 0.3 is 0 Å². The number of piperidine rings is 1. The molecule has 0 radical (unpaired) electrons. The predicted octanol–water partition coefficient (Wildman–Crippen LogP) is 1.26. The van der Waals surface area contributed by atoms with Crippen LogP contribution in [0.3, 0.4) is 0 Å². The molecule has 1 N–H and O–H groups in total. The van der Waals surface area contributed by atoms with Crippen molar-refractivity contribution >= 4 is 11.8 Å². The third kappa shape index (κ3) is 2.38. The average molecular weight is 187 g/mol. The standard InChI is InChI=1S/C9H17NOS/c1-4-10-5-2-8(1)11-9-3-6-12-7-9/h8-10H,1-7H2. The third-order valence-electron chi connectivity index (χ3n) is 2.56. The number of hydrogen-bond donors (Lipinski definition) is 1. The van der Waals surface area contributed by atoms with Gasteiger partial charge in [0.15, 0.2) is 0 Å². The number of thioether (sulfide) groups is 1. The van der Waals surface area contributed by atoms with Crippen LogP contribution in [0.25, 0.3) is 0 Å². The second-order valence-corrected chi connectivity index (χ2v) is 4.72. The maximum Gasteiger partial charge on any atom is 0.0677 e. The Morgan fingerprint density at radius 3 is 2.58 bits per heavy atom. The summed E-state index contributed by atoms with van der Waals surface area (Å²) in [6.07, 6.45) is 4.81. The van der Waals surface area contributed by atoms with Crippen molar-refractivity contribution in [3.63, 3.8) is 0 Å². The lowest BCUT2D eigenvalue weighted by molar-refractivity contribution is -0.0131. The lowest BCUT2D eigenvalue weighted by Gasteiger charge is -2.25. The zero-order valence-electron chi connectivity index (χ0n) is 7.42. The van der Waals surface area contributed by atoms with Gasteiger partial charge in [0.2, 0.25) is 0 Å². The maximum absolute atomic E-state index is 5.99. The zero-order valence-corrected chi connectivity index (χ0v) is 8.24. The molecule has 0 amide bonds. The summed E-state index contributed by atoms with van der Waals surface area (Å²) in [7, 11) is 0. The van der Waals surface area contributed by atoms with Crippen LogP contribution in [-0.2, 0) is 4.74 Å². The van der Waals surface area contributed by atoms with Crippen LogP contribution in [0.4, 0.5) is 0 Å². The molecule has 2 saturated heterocycles. The fourth-order valence-electron chi connectivity index (χ4n) is 1.82. The van der Waals surface area contributed by atoms with Crippen LogP contribution in [0.1, 0.15) is 19.3 Å². The van der Waals surface area contributed by atoms with Crippen molar-refractivity contribution < 1.29 is 4.74 Å². The van der Waals surface area contributed by atoms with E-state index in [1.165, 1.54) is 30.8 Å². The maximum atomic E-state index is 5.99. The Morgan fingerprint density at radius 1 is 1.08 bits per heavy atom. The van der Waals surface area contributed by atoms with Crippen molar-refractivity contribution in [3.8, 4) is 0 Å². The van der Waals surface area contributed by atoms with E-state index in [4.69, 9.17) is 4.74 Å². The van der Waals surface area contributed by atoms with Crippen LogP contribution in [0.5, 0.6) is 0 Å². The molecule has 1 atom stereocenters. The fourth-order valence-corrected chi connectivity index (χ4v) is 2.93. The van der Waals surface area contributed by atoms with E-state index >= 15 is 0 Å². The van der Waals surface area contributed by atoms with E-state index < -0.39 is 0 Å². The van der Waals surface area contributed by atoms with Crippen molar-refractivity contribution in [2.45, 2.75) is 31.5 Å². The van der Waals surface area contributed by atoms with Crippen LogP contribution in [0.15, 0.2) is 0 Å². The van der Waals surface area contributed by atoms with Crippen molar-refractivity contribution in [3.05, 3.63) is 0 Å². The van der Waals surface area contributed by atoms with E-state index in [1.54, 1.807) is 0 Å². The highest BCUT2D eigenvalue weighted by Gasteiger charge is 2.21. The van der Waals surface area contributed by atoms with Gasteiger partial charge in [-0.15, -0.1) is 0 Å². The van der Waals surface area contributed by atoms with Gasteiger partial charge in [-0.25, -0.2) is 0 Å². The molecule has 0 spiro atoms. The van der Waals surface area contributed by atoms with Gasteiger partial charge in [-0.3, -0.25) is 0 Å². The second-order valence-electron chi connectivity index (χ2n) is 3.57. The van der Waals surface area contributed by atoms with Crippen LogP contribution >= 0.6 is 11.8 Å². The molecule has 2 nitrogen and oxygen atoms in total. The van der Waals surface area contributed by atoms with Crippen LogP contribution in [0, 0.1) is 0 Å². The quantitative estimate of drug-likeness (QED) is 0.703. The normalized spacial score (nSPS) is 32.5. The molecule has 0 aromatic heterocycles. The van der Waals surface area contributed by atoms with Crippen LogP contribution in [0.2, 0.25) is 0 Å². The molecular formula is C9H17NOS. The summed E-state index contributed by atoms with van der Waals surface area (Å²) in [5.74, 6) is 2.53. The molecule has 2 heterocycles. The lowest BCUT2D eigenvalue weighted by atomic mass is 10.1. The van der Waals surface area contributed by atoms with E-state index in [0.717, 1.165) is 13.1 Å². The molecule has 0 bridgehead atoms. The highest BCUT2D eigenvalue weighted by atomic mass is 32.2. The molecule has 70 valence electrons. The molecule has 0 aromatic rings. The van der Waals surface area contributed by atoms with E-state index in [9.17, 15) is 0 Å². The highest BCUT2D eigenvalue weighted by Crippen LogP contribution is 2.23. The van der Waals surface area contributed by atoms with Gasteiger partial charge in [0.1, 0.15) is 0 Å². The Labute approximate surface area is 78.4 Å². The smallest absolute Gasteiger partial charge is 0.0677 e. The van der Waals surface area contributed by atoms with Crippen molar-refractivity contribution in [2.75, 3.05) is 24.6 Å². The Balaban J connectivity index is 1.69. The van der Waals surface area contributed by atoms with Gasteiger partial charge in [0.05, 0.1) is 12.2 Å². The molecule has 2 rings (SSSR count).